The van der Waals surface area contributed by atoms with E-state index in [9.17, 15) is 10.1 Å². The highest BCUT2D eigenvalue weighted by atomic mass is 35.5. The molecule has 3 rings (SSSR count). The Bertz CT molecular complexity index is 1230. The molecule has 0 saturated heterocycles. The number of benzene rings is 3. The third-order valence-corrected chi connectivity index (χ3v) is 5.58. The maximum Gasteiger partial charge on any atom is 0.266 e. The van der Waals surface area contributed by atoms with E-state index in [1.807, 2.05) is 6.07 Å². The Morgan fingerprint density at radius 2 is 1.67 bits per heavy atom. The molecule has 0 bridgehead atoms. The van der Waals surface area contributed by atoms with Crippen LogP contribution in [0.3, 0.4) is 0 Å². The van der Waals surface area contributed by atoms with Crippen LogP contribution in [-0.2, 0) is 11.4 Å². The fourth-order valence-electron chi connectivity index (χ4n) is 2.78. The maximum atomic E-state index is 12.5. The van der Waals surface area contributed by atoms with E-state index in [2.05, 4.69) is 5.32 Å². The SMILES string of the molecule is COc1ccc(NC(=O)/C(C#N)=C\c2cc(Cl)c(OCc3ccc(Cl)cc3Cl)c(Cl)c2)cc1. The van der Waals surface area contributed by atoms with Gasteiger partial charge in [0.1, 0.15) is 24.0 Å². The van der Waals surface area contributed by atoms with E-state index in [1.54, 1.807) is 61.7 Å². The van der Waals surface area contributed by atoms with Gasteiger partial charge in [-0.05, 0) is 60.2 Å². The number of nitriles is 1. The van der Waals surface area contributed by atoms with Crippen molar-refractivity contribution in [3.05, 3.63) is 91.4 Å². The predicted molar refractivity (Wildman–Crippen MR) is 132 cm³/mol. The lowest BCUT2D eigenvalue weighted by atomic mass is 10.1. The number of anilines is 1. The van der Waals surface area contributed by atoms with Gasteiger partial charge in [0.2, 0.25) is 0 Å². The lowest BCUT2D eigenvalue weighted by molar-refractivity contribution is -0.112. The molecule has 0 heterocycles. The summed E-state index contributed by atoms with van der Waals surface area (Å²) in [5.41, 5.74) is 1.56. The minimum absolute atomic E-state index is 0.123. The lowest BCUT2D eigenvalue weighted by Crippen LogP contribution is -2.13. The van der Waals surface area contributed by atoms with Crippen molar-refractivity contribution >= 4 is 64.1 Å². The molecule has 1 amide bonds. The first-order chi connectivity index (χ1) is 15.8. The highest BCUT2D eigenvalue weighted by Crippen LogP contribution is 2.36. The van der Waals surface area contributed by atoms with Crippen LogP contribution in [0.5, 0.6) is 11.5 Å². The number of carbonyl (C=O) groups excluding carboxylic acids is 1. The standard InChI is InChI=1S/C24H16Cl4N2O3/c1-32-19-6-4-18(5-7-19)30-24(31)16(12-29)8-14-9-21(27)23(22(28)10-14)33-13-15-2-3-17(25)11-20(15)26/h2-11H,13H2,1H3,(H,30,31)/b16-8-. The zero-order valence-corrected chi connectivity index (χ0v) is 20.2. The number of ether oxygens (including phenoxy) is 2. The summed E-state index contributed by atoms with van der Waals surface area (Å²) in [6, 6.07) is 16.7. The first-order valence-electron chi connectivity index (χ1n) is 9.43. The van der Waals surface area contributed by atoms with E-state index in [4.69, 9.17) is 55.9 Å². The molecule has 0 aliphatic carbocycles. The summed E-state index contributed by atoms with van der Waals surface area (Å²) >= 11 is 24.8. The van der Waals surface area contributed by atoms with E-state index in [0.29, 0.717) is 32.6 Å². The van der Waals surface area contributed by atoms with Gasteiger partial charge in [-0.15, -0.1) is 0 Å². The largest absolute Gasteiger partial charge is 0.497 e. The van der Waals surface area contributed by atoms with E-state index in [-0.39, 0.29) is 28.0 Å². The molecule has 0 spiro atoms. The number of carbonyl (C=O) groups is 1. The van der Waals surface area contributed by atoms with Crippen molar-refractivity contribution in [2.75, 3.05) is 12.4 Å². The van der Waals surface area contributed by atoms with Crippen LogP contribution < -0.4 is 14.8 Å². The molecule has 0 unspecified atom stereocenters. The van der Waals surface area contributed by atoms with Crippen LogP contribution in [0.1, 0.15) is 11.1 Å². The summed E-state index contributed by atoms with van der Waals surface area (Å²) < 4.78 is 10.8. The summed E-state index contributed by atoms with van der Waals surface area (Å²) in [4.78, 5) is 12.5. The second-order valence-electron chi connectivity index (χ2n) is 6.69. The number of nitrogens with one attached hydrogen (secondary N) is 1. The Labute approximate surface area is 211 Å². The Balaban J connectivity index is 1.76. The van der Waals surface area contributed by atoms with Crippen molar-refractivity contribution < 1.29 is 14.3 Å². The Kier molecular flexibility index (Phi) is 8.49. The van der Waals surface area contributed by atoms with E-state index in [0.717, 1.165) is 0 Å². The van der Waals surface area contributed by atoms with Gasteiger partial charge in [0.05, 0.1) is 17.2 Å². The second kappa shape index (κ2) is 11.3. The Morgan fingerprint density at radius 3 is 2.24 bits per heavy atom. The van der Waals surface area contributed by atoms with Crippen LogP contribution >= 0.6 is 46.4 Å². The van der Waals surface area contributed by atoms with Crippen molar-refractivity contribution in [1.29, 1.82) is 5.26 Å². The van der Waals surface area contributed by atoms with Crippen LogP contribution in [0.2, 0.25) is 20.1 Å². The molecule has 5 nitrogen and oxygen atoms in total. The zero-order chi connectivity index (χ0) is 24.0. The van der Waals surface area contributed by atoms with E-state index < -0.39 is 5.91 Å². The van der Waals surface area contributed by atoms with Gasteiger partial charge in [-0.1, -0.05) is 52.5 Å². The average molecular weight is 522 g/mol. The highest BCUT2D eigenvalue weighted by Gasteiger charge is 2.14. The average Bonchev–Trinajstić information content (AvgIpc) is 2.78. The van der Waals surface area contributed by atoms with Crippen molar-refractivity contribution in [2.45, 2.75) is 6.61 Å². The molecule has 33 heavy (non-hydrogen) atoms. The highest BCUT2D eigenvalue weighted by molar-refractivity contribution is 6.37. The maximum absolute atomic E-state index is 12.5. The lowest BCUT2D eigenvalue weighted by Gasteiger charge is -2.12. The molecular weight excluding hydrogens is 506 g/mol. The molecule has 1 N–H and O–H groups in total. The molecule has 0 atom stereocenters. The number of methoxy groups -OCH3 is 1. The summed E-state index contributed by atoms with van der Waals surface area (Å²) in [6.07, 6.45) is 1.39. The Hall–Kier alpha value is -2.88. The van der Waals surface area contributed by atoms with Crippen molar-refractivity contribution in [3.8, 4) is 17.6 Å². The third kappa shape index (κ3) is 6.56. The van der Waals surface area contributed by atoms with Gasteiger partial charge in [0.25, 0.3) is 5.91 Å². The molecule has 0 saturated carbocycles. The normalized spacial score (nSPS) is 11.0. The number of nitrogens with zero attached hydrogens (tertiary/aromatic N) is 1. The topological polar surface area (TPSA) is 71.3 Å². The molecule has 168 valence electrons. The quantitative estimate of drug-likeness (QED) is 0.259. The minimum atomic E-state index is -0.576. The van der Waals surface area contributed by atoms with E-state index >= 15 is 0 Å². The smallest absolute Gasteiger partial charge is 0.266 e. The van der Waals surface area contributed by atoms with Gasteiger partial charge in [-0.2, -0.15) is 5.26 Å². The molecule has 0 fully saturated rings. The predicted octanol–water partition coefficient (Wildman–Crippen LogP) is 7.43. The van der Waals surface area contributed by atoms with Gasteiger partial charge in [-0.25, -0.2) is 0 Å². The first-order valence-corrected chi connectivity index (χ1v) is 10.9. The van der Waals surface area contributed by atoms with Crippen molar-refractivity contribution in [2.24, 2.45) is 0 Å². The van der Waals surface area contributed by atoms with Gasteiger partial charge < -0.3 is 14.8 Å². The van der Waals surface area contributed by atoms with Gasteiger partial charge in [0, 0.05) is 21.3 Å². The minimum Gasteiger partial charge on any atom is -0.497 e. The fraction of sp³-hybridized carbons (Fsp3) is 0.0833. The van der Waals surface area contributed by atoms with Gasteiger partial charge in [0.15, 0.2) is 5.75 Å². The number of amides is 1. The van der Waals surface area contributed by atoms with Crippen LogP contribution in [0.25, 0.3) is 6.08 Å². The van der Waals surface area contributed by atoms with Crippen molar-refractivity contribution in [3.63, 3.8) is 0 Å². The molecular formula is C24H16Cl4N2O3. The second-order valence-corrected chi connectivity index (χ2v) is 8.35. The monoisotopic (exact) mass is 520 g/mol. The molecule has 9 heteroatoms. The van der Waals surface area contributed by atoms with Crippen LogP contribution in [0, 0.1) is 11.3 Å². The molecule has 0 aliphatic heterocycles. The fourth-order valence-corrected chi connectivity index (χ4v) is 3.85. The number of hydrogen-bond donors (Lipinski definition) is 1. The molecule has 3 aromatic rings. The van der Waals surface area contributed by atoms with E-state index in [1.165, 1.54) is 6.08 Å². The molecule has 0 aromatic heterocycles. The van der Waals surface area contributed by atoms with Crippen LogP contribution in [0.15, 0.2) is 60.2 Å². The van der Waals surface area contributed by atoms with Crippen LogP contribution in [0.4, 0.5) is 5.69 Å². The van der Waals surface area contributed by atoms with Gasteiger partial charge in [-0.3, -0.25) is 4.79 Å². The number of hydrogen-bond acceptors (Lipinski definition) is 4. The summed E-state index contributed by atoms with van der Waals surface area (Å²) in [6.45, 7) is 0.123. The van der Waals surface area contributed by atoms with Crippen LogP contribution in [-0.4, -0.2) is 13.0 Å². The summed E-state index contributed by atoms with van der Waals surface area (Å²) in [5.74, 6) is 0.323. The van der Waals surface area contributed by atoms with Gasteiger partial charge >= 0.3 is 0 Å². The molecule has 0 aliphatic rings. The zero-order valence-electron chi connectivity index (χ0n) is 17.2. The first kappa shape index (κ1) is 24.8. The molecule has 3 aromatic carbocycles. The summed E-state index contributed by atoms with van der Waals surface area (Å²) in [5, 5.41) is 13.5. The third-order valence-electron chi connectivity index (χ3n) is 4.43. The Morgan fingerprint density at radius 1 is 1.00 bits per heavy atom. The summed E-state index contributed by atoms with van der Waals surface area (Å²) in [7, 11) is 1.55. The molecule has 0 radical (unpaired) electrons. The number of halogens is 4. The number of rotatable bonds is 7. The van der Waals surface area contributed by atoms with Crippen molar-refractivity contribution in [1.82, 2.24) is 0 Å².